The van der Waals surface area contributed by atoms with Gasteiger partial charge >= 0.3 is 0 Å². The Kier molecular flexibility index (Phi) is 5.78. The van der Waals surface area contributed by atoms with E-state index in [1.54, 1.807) is 0 Å². The fourth-order valence-electron chi connectivity index (χ4n) is 6.34. The highest BCUT2D eigenvalue weighted by molar-refractivity contribution is 6.15. The average Bonchev–Trinajstić information content (AvgIpc) is 3.50. The van der Waals surface area contributed by atoms with Gasteiger partial charge in [-0.3, -0.25) is 0 Å². The number of benzene rings is 7. The minimum Gasteiger partial charge on any atom is -0.456 e. The molecule has 0 aliphatic heterocycles. The van der Waals surface area contributed by atoms with Crippen LogP contribution in [0.15, 0.2) is 156 Å². The van der Waals surface area contributed by atoms with E-state index in [1.165, 1.54) is 5.39 Å². The maximum atomic E-state index is 6.27. The highest BCUT2D eigenvalue weighted by Crippen LogP contribution is 2.41. The number of nitrogens with zero attached hydrogens (tertiary/aromatic N) is 3. The number of hydrogen-bond donors (Lipinski definition) is 0. The lowest BCUT2D eigenvalue weighted by Crippen LogP contribution is -2.00. The van der Waals surface area contributed by atoms with E-state index in [-0.39, 0.29) is 0 Å². The van der Waals surface area contributed by atoms with Crippen LogP contribution in [0.5, 0.6) is 0 Å². The van der Waals surface area contributed by atoms with Gasteiger partial charge in [0.2, 0.25) is 0 Å². The van der Waals surface area contributed by atoms with Crippen LogP contribution in [0.3, 0.4) is 0 Å². The maximum Gasteiger partial charge on any atom is 0.164 e. The summed E-state index contributed by atoms with van der Waals surface area (Å²) in [5.74, 6) is 1.91. The summed E-state index contributed by atoms with van der Waals surface area (Å²) >= 11 is 0. The molecule has 0 radical (unpaired) electrons. The molecule has 0 saturated carbocycles. The van der Waals surface area contributed by atoms with E-state index in [1.807, 2.05) is 48.5 Å². The molecule has 0 saturated heterocycles. The van der Waals surface area contributed by atoms with Gasteiger partial charge in [0.25, 0.3) is 0 Å². The van der Waals surface area contributed by atoms with Crippen LogP contribution in [0, 0.1) is 0 Å². The summed E-state index contributed by atoms with van der Waals surface area (Å²) in [5.41, 5.74) is 6.79. The summed E-state index contributed by atoms with van der Waals surface area (Å²) in [5, 5.41) is 6.80. The lowest BCUT2D eigenvalue weighted by molar-refractivity contribution is 0.669. The molecule has 7 aromatic carbocycles. The number of hydrogen-bond acceptors (Lipinski definition) is 4. The Morgan fingerprint density at radius 1 is 0.356 bits per heavy atom. The highest BCUT2D eigenvalue weighted by Gasteiger charge is 2.18. The first-order valence-corrected chi connectivity index (χ1v) is 15.0. The second-order valence-corrected chi connectivity index (χ2v) is 11.3. The summed E-state index contributed by atoms with van der Waals surface area (Å²) in [6, 6.07) is 52.2. The Morgan fingerprint density at radius 2 is 0.978 bits per heavy atom. The Morgan fingerprint density at radius 3 is 1.82 bits per heavy atom. The first-order valence-electron chi connectivity index (χ1n) is 15.0. The van der Waals surface area contributed by atoms with Gasteiger partial charge < -0.3 is 4.42 Å². The Hall–Kier alpha value is -6.13. The largest absolute Gasteiger partial charge is 0.456 e. The SMILES string of the molecule is c1ccc(-c2nc(-c3ccc4ccccc4c3)nc(-c3cc(-c4cccc5oc6ccccc6c45)c4ccccc4c3)n2)cc1. The van der Waals surface area contributed by atoms with Gasteiger partial charge in [0.1, 0.15) is 11.2 Å². The summed E-state index contributed by atoms with van der Waals surface area (Å²) in [6.45, 7) is 0. The second-order valence-electron chi connectivity index (χ2n) is 11.3. The van der Waals surface area contributed by atoms with Crippen molar-refractivity contribution >= 4 is 43.5 Å². The molecule has 4 nitrogen and oxygen atoms in total. The van der Waals surface area contributed by atoms with Crippen LogP contribution in [0.4, 0.5) is 0 Å². The van der Waals surface area contributed by atoms with Crippen molar-refractivity contribution < 1.29 is 4.42 Å². The lowest BCUT2D eigenvalue weighted by atomic mass is 9.92. The van der Waals surface area contributed by atoms with E-state index in [9.17, 15) is 0 Å². The van der Waals surface area contributed by atoms with Crippen molar-refractivity contribution in [1.82, 2.24) is 15.0 Å². The summed E-state index contributed by atoms with van der Waals surface area (Å²) < 4.78 is 6.27. The van der Waals surface area contributed by atoms with Crippen LogP contribution in [0.2, 0.25) is 0 Å². The molecule has 210 valence electrons. The Balaban J connectivity index is 1.31. The van der Waals surface area contributed by atoms with Crippen molar-refractivity contribution in [2.75, 3.05) is 0 Å². The van der Waals surface area contributed by atoms with Gasteiger partial charge in [-0.2, -0.15) is 0 Å². The van der Waals surface area contributed by atoms with E-state index >= 15 is 0 Å². The van der Waals surface area contributed by atoms with Crippen molar-refractivity contribution in [2.45, 2.75) is 0 Å². The first kappa shape index (κ1) is 25.4. The Labute approximate surface area is 259 Å². The number of fused-ring (bicyclic) bond motifs is 5. The fourth-order valence-corrected chi connectivity index (χ4v) is 6.34. The number of para-hydroxylation sites is 1. The summed E-state index contributed by atoms with van der Waals surface area (Å²) in [7, 11) is 0. The topological polar surface area (TPSA) is 51.8 Å². The summed E-state index contributed by atoms with van der Waals surface area (Å²) in [6.07, 6.45) is 0. The van der Waals surface area contributed by atoms with E-state index in [2.05, 4.69) is 103 Å². The summed E-state index contributed by atoms with van der Waals surface area (Å²) in [4.78, 5) is 15.2. The molecule has 0 spiro atoms. The monoisotopic (exact) mass is 575 g/mol. The molecule has 4 heteroatoms. The number of aromatic nitrogens is 3. The highest BCUT2D eigenvalue weighted by atomic mass is 16.3. The van der Waals surface area contributed by atoms with Gasteiger partial charge in [-0.15, -0.1) is 0 Å². The predicted octanol–water partition coefficient (Wildman–Crippen LogP) is 10.7. The molecule has 0 aliphatic carbocycles. The number of rotatable bonds is 4. The van der Waals surface area contributed by atoms with Crippen LogP contribution in [-0.2, 0) is 0 Å². The zero-order valence-corrected chi connectivity index (χ0v) is 24.2. The third-order valence-corrected chi connectivity index (χ3v) is 8.49. The molecule has 9 aromatic rings. The maximum absolute atomic E-state index is 6.27. The van der Waals surface area contributed by atoms with Crippen LogP contribution < -0.4 is 0 Å². The average molecular weight is 576 g/mol. The van der Waals surface area contributed by atoms with Gasteiger partial charge in [0, 0.05) is 27.5 Å². The van der Waals surface area contributed by atoms with E-state index in [0.717, 1.165) is 65.9 Å². The van der Waals surface area contributed by atoms with Crippen molar-refractivity contribution in [2.24, 2.45) is 0 Å². The molecule has 0 N–H and O–H groups in total. The quantitative estimate of drug-likeness (QED) is 0.209. The van der Waals surface area contributed by atoms with Crippen LogP contribution in [0.1, 0.15) is 0 Å². The van der Waals surface area contributed by atoms with Crippen LogP contribution >= 0.6 is 0 Å². The standard InChI is InChI=1S/C41H25N3O/c1-2-12-27(13-3-1)39-42-40(30-22-21-26-11-4-5-14-28(26)23-30)44-41(43-39)31-24-29-15-6-7-16-32(29)35(25-31)33-18-10-20-37-38(33)34-17-8-9-19-36(34)45-37/h1-25H. The zero-order chi connectivity index (χ0) is 29.7. The molecule has 45 heavy (non-hydrogen) atoms. The molecule has 2 heterocycles. The Bertz CT molecular complexity index is 2550. The van der Waals surface area contributed by atoms with Gasteiger partial charge in [0.15, 0.2) is 17.5 Å². The van der Waals surface area contributed by atoms with E-state index in [4.69, 9.17) is 19.4 Å². The lowest BCUT2D eigenvalue weighted by Gasteiger charge is -2.13. The molecule has 2 aromatic heterocycles. The van der Waals surface area contributed by atoms with Crippen molar-refractivity contribution in [3.05, 3.63) is 152 Å². The molecule has 9 rings (SSSR count). The molecule has 0 aliphatic rings. The number of furan rings is 1. The zero-order valence-electron chi connectivity index (χ0n) is 24.2. The molecule has 0 amide bonds. The van der Waals surface area contributed by atoms with Crippen molar-refractivity contribution in [3.63, 3.8) is 0 Å². The normalized spacial score (nSPS) is 11.6. The molecule has 0 unspecified atom stereocenters. The smallest absolute Gasteiger partial charge is 0.164 e. The van der Waals surface area contributed by atoms with Gasteiger partial charge in [-0.25, -0.2) is 15.0 Å². The second kappa shape index (κ2) is 10.2. The third-order valence-electron chi connectivity index (χ3n) is 8.49. The molecule has 0 bridgehead atoms. The van der Waals surface area contributed by atoms with Crippen molar-refractivity contribution in [1.29, 1.82) is 0 Å². The molecular formula is C41H25N3O. The third kappa shape index (κ3) is 4.35. The molecule has 0 fully saturated rings. The van der Waals surface area contributed by atoms with Crippen LogP contribution in [0.25, 0.3) is 88.8 Å². The van der Waals surface area contributed by atoms with Gasteiger partial charge in [-0.1, -0.05) is 121 Å². The minimum atomic E-state index is 0.628. The molecule has 0 atom stereocenters. The minimum absolute atomic E-state index is 0.628. The van der Waals surface area contributed by atoms with Gasteiger partial charge in [0.05, 0.1) is 0 Å². The van der Waals surface area contributed by atoms with Gasteiger partial charge in [-0.05, 0) is 63.0 Å². The first-order chi connectivity index (χ1) is 22.3. The fraction of sp³-hybridized carbons (Fsp3) is 0. The van der Waals surface area contributed by atoms with Crippen LogP contribution in [-0.4, -0.2) is 15.0 Å². The predicted molar refractivity (Wildman–Crippen MR) is 184 cm³/mol. The van der Waals surface area contributed by atoms with Crippen molar-refractivity contribution in [3.8, 4) is 45.3 Å². The van der Waals surface area contributed by atoms with E-state index in [0.29, 0.717) is 17.5 Å². The van der Waals surface area contributed by atoms with E-state index < -0.39 is 0 Å². The molecular weight excluding hydrogens is 550 g/mol.